The molecule has 0 aliphatic heterocycles. The van der Waals surface area contributed by atoms with E-state index in [1.54, 1.807) is 36.0 Å². The molecule has 4 rings (SSSR count). The molecule has 2 aromatic carbocycles. The highest BCUT2D eigenvalue weighted by atomic mass is 19.1. The van der Waals surface area contributed by atoms with Crippen molar-refractivity contribution in [3.8, 4) is 22.9 Å². The van der Waals surface area contributed by atoms with Gasteiger partial charge in [-0.25, -0.2) is 9.07 Å². The first-order valence-electron chi connectivity index (χ1n) is 11.7. The van der Waals surface area contributed by atoms with E-state index in [0.29, 0.717) is 31.5 Å². The average molecular weight is 466 g/mol. The molecule has 1 aromatic heterocycles. The fraction of sp³-hybridized carbons (Fsp3) is 0.370. The first-order valence-corrected chi connectivity index (χ1v) is 11.7. The number of para-hydroxylation sites is 1. The molecular formula is C27H32FN3O3. The molecule has 1 N–H and O–H groups in total. The Morgan fingerprint density at radius 1 is 1.21 bits per heavy atom. The van der Waals surface area contributed by atoms with Crippen molar-refractivity contribution < 1.29 is 19.0 Å². The first-order chi connectivity index (χ1) is 16.5. The van der Waals surface area contributed by atoms with E-state index in [1.165, 1.54) is 18.9 Å². The Labute approximate surface area is 200 Å². The minimum Gasteiger partial charge on any atom is -0.436 e. The monoisotopic (exact) mass is 465 g/mol. The van der Waals surface area contributed by atoms with E-state index in [1.807, 2.05) is 30.3 Å². The quantitative estimate of drug-likeness (QED) is 0.290. The molecule has 1 atom stereocenters. The van der Waals surface area contributed by atoms with E-state index in [9.17, 15) is 9.50 Å². The lowest BCUT2D eigenvalue weighted by molar-refractivity contribution is 0.0235. The van der Waals surface area contributed by atoms with Gasteiger partial charge in [-0.1, -0.05) is 48.5 Å². The summed E-state index contributed by atoms with van der Waals surface area (Å²) in [6.45, 7) is 6.12. The van der Waals surface area contributed by atoms with E-state index in [0.717, 1.165) is 23.4 Å². The summed E-state index contributed by atoms with van der Waals surface area (Å²) in [4.78, 5) is 2.22. The number of aryl methyl sites for hydroxylation is 1. The minimum atomic E-state index is -0.633. The maximum absolute atomic E-state index is 14.4. The van der Waals surface area contributed by atoms with E-state index in [2.05, 4.69) is 11.5 Å². The van der Waals surface area contributed by atoms with Crippen molar-refractivity contribution in [3.05, 3.63) is 78.6 Å². The number of hydrogen-bond acceptors (Lipinski definition) is 5. The SMILES string of the molecule is C=CCOCC(O)CN(Cc1c(-c2ccccc2)nn(C)c1Oc1ccccc1F)CC1CC1. The third-order valence-electron chi connectivity index (χ3n) is 5.79. The third-order valence-corrected chi connectivity index (χ3v) is 5.79. The van der Waals surface area contributed by atoms with Crippen LogP contribution >= 0.6 is 0 Å². The molecule has 1 aliphatic carbocycles. The lowest BCUT2D eigenvalue weighted by atomic mass is 10.1. The van der Waals surface area contributed by atoms with Crippen LogP contribution in [0.5, 0.6) is 11.6 Å². The molecule has 3 aromatic rings. The molecular weight excluding hydrogens is 433 g/mol. The summed E-state index contributed by atoms with van der Waals surface area (Å²) >= 11 is 0. The van der Waals surface area contributed by atoms with Gasteiger partial charge in [0.2, 0.25) is 5.88 Å². The van der Waals surface area contributed by atoms with Crippen LogP contribution in [-0.4, -0.2) is 52.2 Å². The largest absolute Gasteiger partial charge is 0.436 e. The topological polar surface area (TPSA) is 59.8 Å². The molecule has 7 heteroatoms. The molecule has 6 nitrogen and oxygen atoms in total. The molecule has 1 aliphatic rings. The fourth-order valence-corrected chi connectivity index (χ4v) is 4.01. The molecule has 180 valence electrons. The van der Waals surface area contributed by atoms with Gasteiger partial charge in [-0.15, -0.1) is 6.58 Å². The van der Waals surface area contributed by atoms with Crippen molar-refractivity contribution in [3.63, 3.8) is 0 Å². The zero-order chi connectivity index (χ0) is 23.9. The standard InChI is InChI=1S/C27H32FN3O3/c1-3-15-33-19-22(32)17-31(16-20-13-14-20)18-23-26(21-9-5-4-6-10-21)29-30(2)27(23)34-25-12-8-7-11-24(25)28/h3-12,20,22,32H,1,13-19H2,2H3. The Balaban J connectivity index is 1.65. The van der Waals surface area contributed by atoms with Crippen LogP contribution in [0.1, 0.15) is 18.4 Å². The van der Waals surface area contributed by atoms with Crippen molar-refractivity contribution in [2.24, 2.45) is 13.0 Å². The molecule has 0 spiro atoms. The Morgan fingerprint density at radius 3 is 2.65 bits per heavy atom. The molecule has 1 saturated carbocycles. The predicted molar refractivity (Wildman–Crippen MR) is 130 cm³/mol. The van der Waals surface area contributed by atoms with Crippen LogP contribution in [0.4, 0.5) is 4.39 Å². The van der Waals surface area contributed by atoms with Crippen molar-refractivity contribution in [1.29, 1.82) is 0 Å². The van der Waals surface area contributed by atoms with Crippen LogP contribution in [-0.2, 0) is 18.3 Å². The van der Waals surface area contributed by atoms with Gasteiger partial charge in [0.15, 0.2) is 11.6 Å². The van der Waals surface area contributed by atoms with Gasteiger partial charge in [-0.3, -0.25) is 4.90 Å². The van der Waals surface area contributed by atoms with E-state index >= 15 is 0 Å². The molecule has 1 fully saturated rings. The lowest BCUT2D eigenvalue weighted by Gasteiger charge is -2.25. The fourth-order valence-electron chi connectivity index (χ4n) is 4.01. The van der Waals surface area contributed by atoms with Gasteiger partial charge in [-0.05, 0) is 30.9 Å². The molecule has 0 bridgehead atoms. The molecule has 34 heavy (non-hydrogen) atoms. The van der Waals surface area contributed by atoms with Crippen LogP contribution in [0.15, 0.2) is 67.3 Å². The zero-order valence-corrected chi connectivity index (χ0v) is 19.6. The number of halogens is 1. The predicted octanol–water partition coefficient (Wildman–Crippen LogP) is 4.79. The molecule has 0 amide bonds. The second kappa shape index (κ2) is 11.4. The number of rotatable bonds is 13. The van der Waals surface area contributed by atoms with Crippen LogP contribution in [0, 0.1) is 11.7 Å². The summed E-state index contributed by atoms with van der Waals surface area (Å²) in [5.74, 6) is 0.828. The molecule has 1 unspecified atom stereocenters. The third kappa shape index (κ3) is 6.32. The van der Waals surface area contributed by atoms with Gasteiger partial charge in [0.1, 0.15) is 5.69 Å². The van der Waals surface area contributed by atoms with Crippen LogP contribution in [0.3, 0.4) is 0 Å². The summed E-state index contributed by atoms with van der Waals surface area (Å²) < 4.78 is 27.6. The highest BCUT2D eigenvalue weighted by Gasteiger charge is 2.28. The first kappa shape index (κ1) is 24.1. The van der Waals surface area contributed by atoms with Crippen molar-refractivity contribution >= 4 is 0 Å². The van der Waals surface area contributed by atoms with Gasteiger partial charge in [0, 0.05) is 32.2 Å². The minimum absolute atomic E-state index is 0.151. The van der Waals surface area contributed by atoms with Crippen molar-refractivity contribution in [2.45, 2.75) is 25.5 Å². The van der Waals surface area contributed by atoms with Gasteiger partial charge in [0.05, 0.1) is 24.9 Å². The number of aromatic nitrogens is 2. The summed E-state index contributed by atoms with van der Waals surface area (Å²) in [6, 6.07) is 16.3. The van der Waals surface area contributed by atoms with Gasteiger partial charge >= 0.3 is 0 Å². The highest BCUT2D eigenvalue weighted by molar-refractivity contribution is 5.65. The van der Waals surface area contributed by atoms with E-state index in [4.69, 9.17) is 14.6 Å². The van der Waals surface area contributed by atoms with Crippen molar-refractivity contribution in [2.75, 3.05) is 26.3 Å². The van der Waals surface area contributed by atoms with Crippen LogP contribution < -0.4 is 4.74 Å². The van der Waals surface area contributed by atoms with Gasteiger partial charge in [0.25, 0.3) is 0 Å². The highest BCUT2D eigenvalue weighted by Crippen LogP contribution is 2.36. The molecule has 0 saturated heterocycles. The summed E-state index contributed by atoms with van der Waals surface area (Å²) in [6.07, 6.45) is 3.42. The normalized spacial score (nSPS) is 14.4. The second-order valence-corrected chi connectivity index (χ2v) is 8.77. The van der Waals surface area contributed by atoms with Crippen molar-refractivity contribution in [1.82, 2.24) is 14.7 Å². The molecule has 0 radical (unpaired) electrons. The number of hydrogen-bond donors (Lipinski definition) is 1. The maximum Gasteiger partial charge on any atom is 0.222 e. The Morgan fingerprint density at radius 2 is 1.94 bits per heavy atom. The number of aliphatic hydroxyl groups is 1. The second-order valence-electron chi connectivity index (χ2n) is 8.77. The number of aliphatic hydroxyl groups excluding tert-OH is 1. The number of ether oxygens (including phenoxy) is 2. The van der Waals surface area contributed by atoms with Gasteiger partial charge < -0.3 is 14.6 Å². The van der Waals surface area contributed by atoms with E-state index in [-0.39, 0.29) is 12.4 Å². The summed E-state index contributed by atoms with van der Waals surface area (Å²) in [5.41, 5.74) is 2.60. The van der Waals surface area contributed by atoms with E-state index < -0.39 is 11.9 Å². The van der Waals surface area contributed by atoms with Crippen LogP contribution in [0.2, 0.25) is 0 Å². The van der Waals surface area contributed by atoms with Crippen LogP contribution in [0.25, 0.3) is 11.3 Å². The smallest absolute Gasteiger partial charge is 0.222 e. The Bertz CT molecular complexity index is 1080. The summed E-state index contributed by atoms with van der Waals surface area (Å²) in [7, 11) is 1.80. The average Bonchev–Trinajstić information content (AvgIpc) is 3.60. The lowest BCUT2D eigenvalue weighted by Crippen LogP contribution is -2.36. The maximum atomic E-state index is 14.4. The Kier molecular flexibility index (Phi) is 8.11. The molecule has 1 heterocycles. The Hall–Kier alpha value is -3.00. The number of benzene rings is 2. The zero-order valence-electron chi connectivity index (χ0n) is 19.6. The summed E-state index contributed by atoms with van der Waals surface area (Å²) in [5, 5.41) is 15.3. The number of nitrogens with zero attached hydrogens (tertiary/aromatic N) is 3. The van der Waals surface area contributed by atoms with Gasteiger partial charge in [-0.2, -0.15) is 5.10 Å².